The molecule has 1 atom stereocenters. The van der Waals surface area contributed by atoms with Crippen molar-refractivity contribution >= 4 is 5.69 Å². The fraction of sp³-hybridized carbons (Fsp3) is 0.125. The fourth-order valence-electron chi connectivity index (χ4n) is 2.23. The summed E-state index contributed by atoms with van der Waals surface area (Å²) in [6.45, 7) is 2.07. The Hall–Kier alpha value is -3.20. The first-order valence-corrected chi connectivity index (χ1v) is 6.86. The molecular weight excluding hydrogens is 276 g/mol. The molecule has 0 aliphatic rings. The molecule has 6 heteroatoms. The Bertz CT molecular complexity index is 804. The number of anilines is 1. The largest absolute Gasteiger partial charge is 0.378 e. The Morgan fingerprint density at radius 1 is 1.18 bits per heavy atom. The Morgan fingerprint density at radius 3 is 2.82 bits per heavy atom. The zero-order chi connectivity index (χ0) is 15.4. The van der Waals surface area contributed by atoms with Crippen LogP contribution in [0.1, 0.15) is 24.1 Å². The van der Waals surface area contributed by atoms with Crippen molar-refractivity contribution in [2.45, 2.75) is 13.0 Å². The van der Waals surface area contributed by atoms with E-state index in [-0.39, 0.29) is 6.04 Å². The second-order valence-electron chi connectivity index (χ2n) is 4.91. The summed E-state index contributed by atoms with van der Waals surface area (Å²) in [6, 6.07) is 17.7. The van der Waals surface area contributed by atoms with E-state index < -0.39 is 0 Å². The van der Waals surface area contributed by atoms with E-state index in [1.807, 2.05) is 42.5 Å². The van der Waals surface area contributed by atoms with E-state index in [9.17, 15) is 0 Å². The molecule has 0 radical (unpaired) electrons. The quantitative estimate of drug-likeness (QED) is 0.799. The molecule has 0 saturated carbocycles. The second-order valence-corrected chi connectivity index (χ2v) is 4.91. The van der Waals surface area contributed by atoms with Gasteiger partial charge >= 0.3 is 0 Å². The number of hydrogen-bond donors (Lipinski definition) is 1. The van der Waals surface area contributed by atoms with Gasteiger partial charge in [0.1, 0.15) is 6.33 Å². The smallest absolute Gasteiger partial charge is 0.143 e. The molecule has 0 spiro atoms. The third kappa shape index (κ3) is 2.94. The highest BCUT2D eigenvalue weighted by Crippen LogP contribution is 2.21. The molecule has 1 N–H and O–H groups in total. The van der Waals surface area contributed by atoms with E-state index in [1.165, 1.54) is 0 Å². The number of hydrogen-bond acceptors (Lipinski definition) is 5. The van der Waals surface area contributed by atoms with Gasteiger partial charge in [-0.05, 0) is 53.2 Å². The number of benzene rings is 2. The summed E-state index contributed by atoms with van der Waals surface area (Å²) in [6.07, 6.45) is 1.56. The lowest BCUT2D eigenvalue weighted by Gasteiger charge is -2.16. The average Bonchev–Trinajstić information content (AvgIpc) is 3.09. The number of nitriles is 1. The molecule has 2 aromatic carbocycles. The van der Waals surface area contributed by atoms with Gasteiger partial charge in [0.05, 0.1) is 17.3 Å². The van der Waals surface area contributed by atoms with Crippen molar-refractivity contribution in [2.24, 2.45) is 0 Å². The van der Waals surface area contributed by atoms with Crippen LogP contribution in [0.4, 0.5) is 5.69 Å². The molecule has 1 aromatic heterocycles. The minimum Gasteiger partial charge on any atom is -0.378 e. The van der Waals surface area contributed by atoms with Gasteiger partial charge in [0, 0.05) is 11.7 Å². The van der Waals surface area contributed by atoms with Crippen LogP contribution in [-0.4, -0.2) is 20.2 Å². The van der Waals surface area contributed by atoms with Crippen LogP contribution in [0.25, 0.3) is 5.69 Å². The van der Waals surface area contributed by atoms with Crippen LogP contribution >= 0.6 is 0 Å². The third-order valence-corrected chi connectivity index (χ3v) is 3.36. The maximum atomic E-state index is 8.96. The summed E-state index contributed by atoms with van der Waals surface area (Å²) in [5, 5.41) is 23.5. The zero-order valence-electron chi connectivity index (χ0n) is 12.0. The van der Waals surface area contributed by atoms with Gasteiger partial charge in [-0.3, -0.25) is 0 Å². The maximum absolute atomic E-state index is 8.96. The topological polar surface area (TPSA) is 79.4 Å². The van der Waals surface area contributed by atoms with Gasteiger partial charge in [0.15, 0.2) is 0 Å². The van der Waals surface area contributed by atoms with Crippen LogP contribution in [0.15, 0.2) is 54.9 Å². The van der Waals surface area contributed by atoms with E-state index in [0.717, 1.165) is 16.9 Å². The fourth-order valence-corrected chi connectivity index (χ4v) is 2.23. The molecule has 22 heavy (non-hydrogen) atoms. The van der Waals surface area contributed by atoms with Crippen LogP contribution < -0.4 is 5.32 Å². The number of aromatic nitrogens is 4. The van der Waals surface area contributed by atoms with Crippen molar-refractivity contribution in [2.75, 3.05) is 5.32 Å². The predicted octanol–water partition coefficient (Wildman–Crippen LogP) is 2.71. The first kappa shape index (κ1) is 13.8. The number of rotatable bonds is 4. The van der Waals surface area contributed by atoms with Crippen molar-refractivity contribution in [3.05, 3.63) is 66.0 Å². The molecule has 3 aromatic rings. The predicted molar refractivity (Wildman–Crippen MR) is 82.3 cm³/mol. The van der Waals surface area contributed by atoms with Crippen molar-refractivity contribution in [1.29, 1.82) is 5.26 Å². The van der Waals surface area contributed by atoms with Crippen molar-refractivity contribution < 1.29 is 0 Å². The Kier molecular flexibility index (Phi) is 3.79. The van der Waals surface area contributed by atoms with Crippen LogP contribution in [0, 0.1) is 11.3 Å². The Labute approximate surface area is 128 Å². The molecule has 0 bridgehead atoms. The average molecular weight is 290 g/mol. The lowest BCUT2D eigenvalue weighted by atomic mass is 10.1. The number of nitrogens with zero attached hydrogens (tertiary/aromatic N) is 5. The molecule has 0 aliphatic heterocycles. The molecule has 108 valence electrons. The normalized spacial score (nSPS) is 11.6. The minimum atomic E-state index is 0.0883. The molecule has 1 unspecified atom stereocenters. The van der Waals surface area contributed by atoms with Crippen LogP contribution in [0.2, 0.25) is 0 Å². The monoisotopic (exact) mass is 290 g/mol. The molecule has 0 saturated heterocycles. The standard InChI is InChI=1S/C16H14N6/c1-12(19-15-6-2-4-13(8-15)10-17)14-5-3-7-16(9-14)22-11-18-20-21-22/h2-9,11-12,19H,1H3. The lowest BCUT2D eigenvalue weighted by Crippen LogP contribution is -2.07. The van der Waals surface area contributed by atoms with Gasteiger partial charge in [-0.25, -0.2) is 4.68 Å². The number of tetrazole rings is 1. The summed E-state index contributed by atoms with van der Waals surface area (Å²) in [5.74, 6) is 0. The van der Waals surface area contributed by atoms with Gasteiger partial charge in [-0.2, -0.15) is 5.26 Å². The highest BCUT2D eigenvalue weighted by atomic mass is 15.5. The van der Waals surface area contributed by atoms with Crippen molar-refractivity contribution in [1.82, 2.24) is 20.2 Å². The summed E-state index contributed by atoms with van der Waals surface area (Å²) in [7, 11) is 0. The van der Waals surface area contributed by atoms with E-state index in [2.05, 4.69) is 33.8 Å². The molecular formula is C16H14N6. The Morgan fingerprint density at radius 2 is 2.05 bits per heavy atom. The molecule has 1 heterocycles. The van der Waals surface area contributed by atoms with E-state index >= 15 is 0 Å². The highest BCUT2D eigenvalue weighted by molar-refractivity contribution is 5.51. The number of nitrogens with one attached hydrogen (secondary N) is 1. The molecule has 6 nitrogen and oxygen atoms in total. The van der Waals surface area contributed by atoms with Gasteiger partial charge in [-0.15, -0.1) is 5.10 Å². The maximum Gasteiger partial charge on any atom is 0.143 e. The summed E-state index contributed by atoms with van der Waals surface area (Å²) >= 11 is 0. The summed E-state index contributed by atoms with van der Waals surface area (Å²) in [5.41, 5.74) is 3.57. The molecule has 0 fully saturated rings. The second kappa shape index (κ2) is 6.06. The van der Waals surface area contributed by atoms with Gasteiger partial charge in [0.25, 0.3) is 0 Å². The Balaban J connectivity index is 1.82. The van der Waals surface area contributed by atoms with E-state index in [0.29, 0.717) is 5.56 Å². The van der Waals surface area contributed by atoms with Crippen LogP contribution in [-0.2, 0) is 0 Å². The molecule has 0 aliphatic carbocycles. The third-order valence-electron chi connectivity index (χ3n) is 3.36. The molecule has 0 amide bonds. The SMILES string of the molecule is CC(Nc1cccc(C#N)c1)c1cccc(-n2cnnn2)c1. The van der Waals surface area contributed by atoms with Gasteiger partial charge in [-0.1, -0.05) is 18.2 Å². The lowest BCUT2D eigenvalue weighted by molar-refractivity contribution is 0.785. The summed E-state index contributed by atoms with van der Waals surface area (Å²) in [4.78, 5) is 0. The van der Waals surface area contributed by atoms with Gasteiger partial charge in [0.2, 0.25) is 0 Å². The molecule has 3 rings (SSSR count). The van der Waals surface area contributed by atoms with E-state index in [1.54, 1.807) is 17.1 Å². The van der Waals surface area contributed by atoms with Crippen LogP contribution in [0.5, 0.6) is 0 Å². The summed E-state index contributed by atoms with van der Waals surface area (Å²) < 4.78 is 1.62. The first-order valence-electron chi connectivity index (χ1n) is 6.86. The first-order chi connectivity index (χ1) is 10.8. The van der Waals surface area contributed by atoms with Crippen molar-refractivity contribution in [3.63, 3.8) is 0 Å². The zero-order valence-corrected chi connectivity index (χ0v) is 12.0. The van der Waals surface area contributed by atoms with E-state index in [4.69, 9.17) is 5.26 Å². The van der Waals surface area contributed by atoms with Crippen molar-refractivity contribution in [3.8, 4) is 11.8 Å². The van der Waals surface area contributed by atoms with Crippen LogP contribution in [0.3, 0.4) is 0 Å². The highest BCUT2D eigenvalue weighted by Gasteiger charge is 2.07. The van der Waals surface area contributed by atoms with Gasteiger partial charge < -0.3 is 5.32 Å². The minimum absolute atomic E-state index is 0.0883.